The van der Waals surface area contributed by atoms with Crippen LogP contribution in [-0.2, 0) is 0 Å². The Kier molecular flexibility index (Phi) is 11.0. The van der Waals surface area contributed by atoms with Gasteiger partial charge in [-0.2, -0.15) is 0 Å². The van der Waals surface area contributed by atoms with Crippen LogP contribution in [0, 0.1) is 0 Å². The molecule has 0 spiro atoms. The molecule has 1 aliphatic rings. The van der Waals surface area contributed by atoms with Crippen LogP contribution in [0.5, 0.6) is 11.5 Å². The number of methoxy groups -OCH3 is 1. The summed E-state index contributed by atoms with van der Waals surface area (Å²) in [5, 5.41) is 3.30. The number of piperazine rings is 1. The third-order valence-electron chi connectivity index (χ3n) is 4.03. The first-order valence-corrected chi connectivity index (χ1v) is 7.94. The summed E-state index contributed by atoms with van der Waals surface area (Å²) in [5.41, 5.74) is 0.871. The number of halogens is 5. The Morgan fingerprint density at radius 3 is 2.46 bits per heavy atom. The van der Waals surface area contributed by atoms with E-state index in [1.165, 1.54) is 19.2 Å². The molecule has 0 radical (unpaired) electrons. The number of ether oxygens (including phenoxy) is 2. The first-order chi connectivity index (χ1) is 11.4. The van der Waals surface area contributed by atoms with Crippen molar-refractivity contribution < 1.29 is 22.6 Å². The van der Waals surface area contributed by atoms with Gasteiger partial charge in [-0.05, 0) is 18.9 Å². The highest BCUT2D eigenvalue weighted by molar-refractivity contribution is 5.85. The fourth-order valence-corrected chi connectivity index (χ4v) is 2.97. The highest BCUT2D eigenvalue weighted by Crippen LogP contribution is 2.36. The van der Waals surface area contributed by atoms with Crippen molar-refractivity contribution in [3.63, 3.8) is 0 Å². The zero-order chi connectivity index (χ0) is 17.6. The molecule has 0 unspecified atom stereocenters. The molecule has 2 rings (SSSR count). The van der Waals surface area contributed by atoms with E-state index in [2.05, 4.69) is 21.5 Å². The lowest BCUT2D eigenvalue weighted by molar-refractivity contribution is -0.274. The maximum atomic E-state index is 12.4. The maximum Gasteiger partial charge on any atom is 0.573 e. The number of benzene rings is 1. The lowest BCUT2D eigenvalue weighted by Gasteiger charge is -2.35. The van der Waals surface area contributed by atoms with Crippen LogP contribution in [0.1, 0.15) is 24.4 Å². The summed E-state index contributed by atoms with van der Waals surface area (Å²) in [6.07, 6.45) is -1.21. The van der Waals surface area contributed by atoms with E-state index in [0.29, 0.717) is 5.75 Å². The second-order valence-corrected chi connectivity index (χ2v) is 5.62. The molecule has 0 aliphatic carbocycles. The summed E-state index contributed by atoms with van der Waals surface area (Å²) in [5.74, 6) is 0.134. The Morgan fingerprint density at radius 2 is 1.92 bits per heavy atom. The molecule has 1 atom stereocenters. The number of allylic oxidation sites excluding steroid dienone is 1. The summed E-state index contributed by atoms with van der Waals surface area (Å²) >= 11 is 0. The molecule has 1 N–H and O–H groups in total. The van der Waals surface area contributed by atoms with E-state index in [-0.39, 0.29) is 36.6 Å². The Balaban J connectivity index is 0.00000312. The molecule has 150 valence electrons. The fourth-order valence-electron chi connectivity index (χ4n) is 2.97. The van der Waals surface area contributed by atoms with Gasteiger partial charge in [0.1, 0.15) is 11.5 Å². The molecular weight excluding hydrogens is 392 g/mol. The Hall–Kier alpha value is -1.15. The Bertz CT molecular complexity index is 553. The van der Waals surface area contributed by atoms with E-state index >= 15 is 0 Å². The molecule has 0 bridgehead atoms. The monoisotopic (exact) mass is 416 g/mol. The van der Waals surface area contributed by atoms with Crippen molar-refractivity contribution in [1.29, 1.82) is 0 Å². The van der Waals surface area contributed by atoms with Crippen molar-refractivity contribution in [3.8, 4) is 11.5 Å². The van der Waals surface area contributed by atoms with E-state index in [1.54, 1.807) is 6.07 Å². The first-order valence-electron chi connectivity index (χ1n) is 7.94. The van der Waals surface area contributed by atoms with Crippen LogP contribution < -0.4 is 14.8 Å². The summed E-state index contributed by atoms with van der Waals surface area (Å²) in [7, 11) is 1.46. The van der Waals surface area contributed by atoms with E-state index in [9.17, 15) is 13.2 Å². The maximum absolute atomic E-state index is 12.4. The SMILES string of the molecule is C=CCC[C@@H](c1ccc(OC(F)(F)F)cc1OC)N1CCNCC1.Cl.Cl. The normalized spacial score (nSPS) is 16.0. The lowest BCUT2D eigenvalue weighted by atomic mass is 9.98. The van der Waals surface area contributed by atoms with Gasteiger partial charge in [-0.25, -0.2) is 0 Å². The van der Waals surface area contributed by atoms with Gasteiger partial charge in [-0.15, -0.1) is 44.6 Å². The summed E-state index contributed by atoms with van der Waals surface area (Å²) in [6.45, 7) is 7.30. The second kappa shape index (κ2) is 11.5. The second-order valence-electron chi connectivity index (χ2n) is 5.62. The van der Waals surface area contributed by atoms with E-state index in [0.717, 1.165) is 44.6 Å². The van der Waals surface area contributed by atoms with Crippen LogP contribution in [0.4, 0.5) is 13.2 Å². The van der Waals surface area contributed by atoms with Gasteiger partial charge in [0.2, 0.25) is 0 Å². The Morgan fingerprint density at radius 1 is 1.27 bits per heavy atom. The van der Waals surface area contributed by atoms with Gasteiger partial charge in [0.05, 0.1) is 7.11 Å². The van der Waals surface area contributed by atoms with Gasteiger partial charge < -0.3 is 14.8 Å². The molecule has 1 aliphatic heterocycles. The molecule has 0 aromatic heterocycles. The van der Waals surface area contributed by atoms with Gasteiger partial charge in [-0.3, -0.25) is 4.90 Å². The number of nitrogens with one attached hydrogen (secondary N) is 1. The average molecular weight is 417 g/mol. The highest BCUT2D eigenvalue weighted by Gasteiger charge is 2.32. The molecular formula is C17H25Cl2F3N2O2. The van der Waals surface area contributed by atoms with Crippen LogP contribution in [-0.4, -0.2) is 44.6 Å². The summed E-state index contributed by atoms with van der Waals surface area (Å²) < 4.78 is 46.5. The van der Waals surface area contributed by atoms with Crippen LogP contribution >= 0.6 is 24.8 Å². The van der Waals surface area contributed by atoms with Crippen molar-refractivity contribution >= 4 is 24.8 Å². The summed E-state index contributed by atoms with van der Waals surface area (Å²) in [4.78, 5) is 2.32. The van der Waals surface area contributed by atoms with Gasteiger partial charge in [0.15, 0.2) is 0 Å². The topological polar surface area (TPSA) is 33.7 Å². The van der Waals surface area contributed by atoms with Crippen molar-refractivity contribution in [3.05, 3.63) is 36.4 Å². The van der Waals surface area contributed by atoms with E-state index in [4.69, 9.17) is 4.74 Å². The zero-order valence-electron chi connectivity index (χ0n) is 14.6. The molecule has 0 saturated carbocycles. The van der Waals surface area contributed by atoms with Crippen LogP contribution in [0.3, 0.4) is 0 Å². The minimum Gasteiger partial charge on any atom is -0.496 e. The predicted octanol–water partition coefficient (Wildman–Crippen LogP) is 4.35. The van der Waals surface area contributed by atoms with Gasteiger partial charge in [0.25, 0.3) is 0 Å². The zero-order valence-corrected chi connectivity index (χ0v) is 16.2. The molecule has 1 aromatic carbocycles. The largest absolute Gasteiger partial charge is 0.573 e. The van der Waals surface area contributed by atoms with Crippen molar-refractivity contribution in [2.75, 3.05) is 33.3 Å². The summed E-state index contributed by atoms with van der Waals surface area (Å²) in [6, 6.07) is 4.37. The molecule has 1 saturated heterocycles. The average Bonchev–Trinajstić information content (AvgIpc) is 2.55. The number of rotatable bonds is 7. The van der Waals surface area contributed by atoms with Crippen LogP contribution in [0.15, 0.2) is 30.9 Å². The van der Waals surface area contributed by atoms with Gasteiger partial charge in [-0.1, -0.05) is 12.1 Å². The van der Waals surface area contributed by atoms with E-state index < -0.39 is 6.36 Å². The predicted molar refractivity (Wildman–Crippen MR) is 101 cm³/mol. The van der Waals surface area contributed by atoms with E-state index in [1.807, 2.05) is 6.08 Å². The van der Waals surface area contributed by atoms with Crippen LogP contribution in [0.2, 0.25) is 0 Å². The fraction of sp³-hybridized carbons (Fsp3) is 0.529. The molecule has 9 heteroatoms. The number of alkyl halides is 3. The standard InChI is InChI=1S/C17H23F3N2O2.2ClH/c1-3-4-5-15(22-10-8-21-9-11-22)14-7-6-13(12-16(14)23-2)24-17(18,19)20;;/h3,6-7,12,15,21H,1,4-5,8-11H2,2H3;2*1H/t15-;;/m0../s1. The molecule has 1 aromatic rings. The van der Waals surface area contributed by atoms with Gasteiger partial charge >= 0.3 is 6.36 Å². The van der Waals surface area contributed by atoms with Crippen molar-refractivity contribution in [2.45, 2.75) is 25.2 Å². The number of nitrogens with zero attached hydrogens (tertiary/aromatic N) is 1. The smallest absolute Gasteiger partial charge is 0.496 e. The quantitative estimate of drug-likeness (QED) is 0.669. The van der Waals surface area contributed by atoms with Gasteiger partial charge in [0, 0.05) is 43.9 Å². The molecule has 26 heavy (non-hydrogen) atoms. The lowest BCUT2D eigenvalue weighted by Crippen LogP contribution is -2.45. The number of hydrogen-bond acceptors (Lipinski definition) is 4. The third kappa shape index (κ3) is 7.23. The molecule has 1 heterocycles. The minimum atomic E-state index is -4.71. The van der Waals surface area contributed by atoms with Crippen molar-refractivity contribution in [2.24, 2.45) is 0 Å². The van der Waals surface area contributed by atoms with Crippen LogP contribution in [0.25, 0.3) is 0 Å². The first kappa shape index (κ1) is 24.8. The molecule has 0 amide bonds. The Labute approximate surface area is 164 Å². The minimum absolute atomic E-state index is 0. The third-order valence-corrected chi connectivity index (χ3v) is 4.03. The number of hydrogen-bond donors (Lipinski definition) is 1. The molecule has 1 fully saturated rings. The molecule has 4 nitrogen and oxygen atoms in total. The highest BCUT2D eigenvalue weighted by atomic mass is 35.5. The van der Waals surface area contributed by atoms with Crippen molar-refractivity contribution in [1.82, 2.24) is 10.2 Å².